The Morgan fingerprint density at radius 1 is 1.44 bits per heavy atom. The van der Waals surface area contributed by atoms with Gasteiger partial charge in [0.15, 0.2) is 5.78 Å². The Kier molecular flexibility index (Phi) is 4.37. The van der Waals surface area contributed by atoms with E-state index >= 15 is 0 Å². The van der Waals surface area contributed by atoms with E-state index < -0.39 is 0 Å². The molecule has 4 heteroatoms. The van der Waals surface area contributed by atoms with Crippen molar-refractivity contribution in [1.82, 2.24) is 9.97 Å². The summed E-state index contributed by atoms with van der Waals surface area (Å²) < 4.78 is 0. The van der Waals surface area contributed by atoms with E-state index in [9.17, 15) is 4.79 Å². The van der Waals surface area contributed by atoms with Crippen LogP contribution < -0.4 is 0 Å². The van der Waals surface area contributed by atoms with Gasteiger partial charge in [-0.15, -0.1) is 11.6 Å². The van der Waals surface area contributed by atoms with E-state index in [2.05, 4.69) is 16.9 Å². The minimum absolute atomic E-state index is 0.143. The van der Waals surface area contributed by atoms with Gasteiger partial charge in [-0.3, -0.25) is 4.79 Å². The van der Waals surface area contributed by atoms with Gasteiger partial charge in [-0.2, -0.15) is 0 Å². The third-order valence-electron chi connectivity index (χ3n) is 2.88. The largest absolute Gasteiger partial charge is 0.342 e. The Hall–Kier alpha value is -1.35. The molecule has 18 heavy (non-hydrogen) atoms. The van der Waals surface area contributed by atoms with Crippen molar-refractivity contribution in [3.63, 3.8) is 0 Å². The van der Waals surface area contributed by atoms with Gasteiger partial charge < -0.3 is 4.98 Å². The average molecular weight is 265 g/mol. The number of halogens is 1. The minimum Gasteiger partial charge on any atom is -0.342 e. The number of nitrogens with zero attached hydrogens (tertiary/aromatic N) is 1. The number of nitrogens with one attached hydrogen (secondary N) is 1. The SMILES string of the molecule is CCCc1nc2ccc(C(=O)CCCCl)cc2[nH]1. The Balaban J connectivity index is 2.23. The van der Waals surface area contributed by atoms with Crippen LogP contribution in [0.25, 0.3) is 11.0 Å². The quantitative estimate of drug-likeness (QED) is 0.638. The van der Waals surface area contributed by atoms with Crippen LogP contribution in [0.1, 0.15) is 42.4 Å². The molecule has 1 aromatic carbocycles. The second-order valence-electron chi connectivity index (χ2n) is 4.38. The molecular weight excluding hydrogens is 248 g/mol. The van der Waals surface area contributed by atoms with Gasteiger partial charge >= 0.3 is 0 Å². The molecule has 0 bridgehead atoms. The Morgan fingerprint density at radius 2 is 2.28 bits per heavy atom. The lowest BCUT2D eigenvalue weighted by Gasteiger charge is -1.99. The van der Waals surface area contributed by atoms with Crippen molar-refractivity contribution in [2.75, 3.05) is 5.88 Å². The molecule has 0 atom stereocenters. The number of hydrogen-bond donors (Lipinski definition) is 1. The Morgan fingerprint density at radius 3 is 3.00 bits per heavy atom. The molecule has 3 nitrogen and oxygen atoms in total. The molecule has 2 rings (SSSR count). The van der Waals surface area contributed by atoms with E-state index in [-0.39, 0.29) is 5.78 Å². The van der Waals surface area contributed by atoms with Crippen molar-refractivity contribution in [2.45, 2.75) is 32.6 Å². The molecule has 0 saturated carbocycles. The van der Waals surface area contributed by atoms with Crippen LogP contribution in [-0.2, 0) is 6.42 Å². The number of rotatable bonds is 6. The summed E-state index contributed by atoms with van der Waals surface area (Å²) in [5, 5.41) is 0. The summed E-state index contributed by atoms with van der Waals surface area (Å²) in [6.45, 7) is 2.12. The highest BCUT2D eigenvalue weighted by Gasteiger charge is 2.08. The predicted octanol–water partition coefficient (Wildman–Crippen LogP) is 3.72. The molecule has 1 aromatic heterocycles. The van der Waals surface area contributed by atoms with Gasteiger partial charge in [-0.25, -0.2) is 4.98 Å². The molecule has 96 valence electrons. The number of ketones is 1. The number of imidazole rings is 1. The Labute approximate surface area is 112 Å². The van der Waals surface area contributed by atoms with Crippen molar-refractivity contribution in [3.8, 4) is 0 Å². The maximum Gasteiger partial charge on any atom is 0.162 e. The first-order valence-electron chi connectivity index (χ1n) is 6.32. The van der Waals surface area contributed by atoms with Crippen molar-refractivity contribution in [3.05, 3.63) is 29.6 Å². The fourth-order valence-electron chi connectivity index (χ4n) is 1.96. The number of benzene rings is 1. The summed E-state index contributed by atoms with van der Waals surface area (Å²) in [4.78, 5) is 19.6. The number of carbonyl (C=O) groups excluding carboxylic acids is 1. The average Bonchev–Trinajstić information content (AvgIpc) is 2.77. The molecule has 0 aliphatic carbocycles. The zero-order valence-corrected chi connectivity index (χ0v) is 11.3. The van der Waals surface area contributed by atoms with Crippen molar-refractivity contribution < 1.29 is 4.79 Å². The topological polar surface area (TPSA) is 45.8 Å². The lowest BCUT2D eigenvalue weighted by atomic mass is 10.1. The molecule has 0 aliphatic rings. The molecule has 0 aliphatic heterocycles. The van der Waals surface area contributed by atoms with Crippen molar-refractivity contribution >= 4 is 28.4 Å². The maximum absolute atomic E-state index is 11.9. The number of carbonyl (C=O) groups is 1. The zero-order chi connectivity index (χ0) is 13.0. The number of alkyl halides is 1. The number of aryl methyl sites for hydroxylation is 1. The number of fused-ring (bicyclic) bond motifs is 1. The van der Waals surface area contributed by atoms with Crippen LogP contribution in [0, 0.1) is 0 Å². The first-order valence-corrected chi connectivity index (χ1v) is 6.86. The summed E-state index contributed by atoms with van der Waals surface area (Å²) >= 11 is 5.60. The van der Waals surface area contributed by atoms with E-state index in [0.717, 1.165) is 41.7 Å². The molecule has 0 saturated heterocycles. The van der Waals surface area contributed by atoms with E-state index in [0.29, 0.717) is 12.3 Å². The third kappa shape index (κ3) is 2.91. The summed E-state index contributed by atoms with van der Waals surface area (Å²) in [5.41, 5.74) is 2.60. The number of Topliss-reactive ketones (excluding diaryl/α,β-unsaturated/α-hetero) is 1. The molecule has 1 N–H and O–H groups in total. The lowest BCUT2D eigenvalue weighted by molar-refractivity contribution is 0.0982. The van der Waals surface area contributed by atoms with Crippen LogP contribution in [0.3, 0.4) is 0 Å². The fourth-order valence-corrected chi connectivity index (χ4v) is 2.10. The molecular formula is C14H17ClN2O. The monoisotopic (exact) mass is 264 g/mol. The minimum atomic E-state index is 0.143. The van der Waals surface area contributed by atoms with Gasteiger partial charge in [0.2, 0.25) is 0 Å². The summed E-state index contributed by atoms with van der Waals surface area (Å²) in [7, 11) is 0. The first-order chi connectivity index (χ1) is 8.74. The van der Waals surface area contributed by atoms with Crippen LogP contribution >= 0.6 is 11.6 Å². The Bertz CT molecular complexity index is 548. The van der Waals surface area contributed by atoms with Gasteiger partial charge in [0, 0.05) is 24.3 Å². The molecule has 0 amide bonds. The number of H-pyrrole nitrogens is 1. The van der Waals surface area contributed by atoms with E-state index in [1.807, 2.05) is 18.2 Å². The number of aromatic nitrogens is 2. The van der Waals surface area contributed by atoms with Crippen LogP contribution in [0.5, 0.6) is 0 Å². The summed E-state index contributed by atoms with van der Waals surface area (Å²) in [6, 6.07) is 5.63. The van der Waals surface area contributed by atoms with Gasteiger partial charge in [0.05, 0.1) is 11.0 Å². The zero-order valence-electron chi connectivity index (χ0n) is 10.5. The molecule has 0 unspecified atom stereocenters. The van der Waals surface area contributed by atoms with E-state index in [1.54, 1.807) is 0 Å². The first kappa shape index (κ1) is 13.1. The number of hydrogen-bond acceptors (Lipinski definition) is 2. The molecule has 0 spiro atoms. The van der Waals surface area contributed by atoms with E-state index in [4.69, 9.17) is 11.6 Å². The smallest absolute Gasteiger partial charge is 0.162 e. The van der Waals surface area contributed by atoms with Crippen LogP contribution in [0.4, 0.5) is 0 Å². The van der Waals surface area contributed by atoms with Gasteiger partial charge in [-0.1, -0.05) is 6.92 Å². The highest BCUT2D eigenvalue weighted by molar-refractivity contribution is 6.18. The van der Waals surface area contributed by atoms with Crippen molar-refractivity contribution in [1.29, 1.82) is 0 Å². The van der Waals surface area contributed by atoms with Crippen LogP contribution in [-0.4, -0.2) is 21.6 Å². The molecule has 2 aromatic rings. The van der Waals surface area contributed by atoms with Crippen molar-refractivity contribution in [2.24, 2.45) is 0 Å². The standard InChI is InChI=1S/C14H17ClN2O/c1-2-4-14-16-11-7-6-10(9-12(11)17-14)13(18)5-3-8-15/h6-7,9H,2-5,8H2,1H3,(H,16,17). The highest BCUT2D eigenvalue weighted by Crippen LogP contribution is 2.16. The van der Waals surface area contributed by atoms with Crippen LogP contribution in [0.2, 0.25) is 0 Å². The van der Waals surface area contributed by atoms with E-state index in [1.165, 1.54) is 0 Å². The highest BCUT2D eigenvalue weighted by atomic mass is 35.5. The van der Waals surface area contributed by atoms with Crippen LogP contribution in [0.15, 0.2) is 18.2 Å². The lowest BCUT2D eigenvalue weighted by Crippen LogP contribution is -1.98. The molecule has 1 heterocycles. The van der Waals surface area contributed by atoms with Gasteiger partial charge in [-0.05, 0) is 31.0 Å². The number of aromatic amines is 1. The summed E-state index contributed by atoms with van der Waals surface area (Å²) in [6.07, 6.45) is 3.22. The second-order valence-corrected chi connectivity index (χ2v) is 4.76. The normalized spacial score (nSPS) is 11.0. The maximum atomic E-state index is 11.9. The summed E-state index contributed by atoms with van der Waals surface area (Å²) in [5.74, 6) is 1.65. The molecule has 0 radical (unpaired) electrons. The fraction of sp³-hybridized carbons (Fsp3) is 0.429. The van der Waals surface area contributed by atoms with Gasteiger partial charge in [0.25, 0.3) is 0 Å². The van der Waals surface area contributed by atoms with Gasteiger partial charge in [0.1, 0.15) is 5.82 Å². The second kappa shape index (κ2) is 6.01. The predicted molar refractivity (Wildman–Crippen MR) is 74.4 cm³/mol. The third-order valence-corrected chi connectivity index (χ3v) is 3.14. The molecule has 0 fully saturated rings.